The zero-order valence-corrected chi connectivity index (χ0v) is 14.4. The summed E-state index contributed by atoms with van der Waals surface area (Å²) in [6.07, 6.45) is 1.40. The van der Waals surface area contributed by atoms with Crippen LogP contribution in [0, 0.1) is 19.7 Å². The van der Waals surface area contributed by atoms with Crippen molar-refractivity contribution in [2.24, 2.45) is 0 Å². The van der Waals surface area contributed by atoms with Crippen molar-refractivity contribution in [3.05, 3.63) is 65.0 Å². The van der Waals surface area contributed by atoms with E-state index in [-0.39, 0.29) is 17.6 Å². The molecule has 3 rings (SSSR count). The summed E-state index contributed by atoms with van der Waals surface area (Å²) in [7, 11) is 0. The van der Waals surface area contributed by atoms with Gasteiger partial charge < -0.3 is 10.2 Å². The molecule has 1 atom stereocenters. The SMILES string of the molecule is Cc1ccc(NC(=O)[C@@H]2CCCN2C(=O)c2ccc(F)cc2)c(C)c1. The van der Waals surface area contributed by atoms with Crippen molar-refractivity contribution in [3.8, 4) is 0 Å². The van der Waals surface area contributed by atoms with Crippen LogP contribution < -0.4 is 5.32 Å². The Labute approximate surface area is 146 Å². The number of carbonyl (C=O) groups is 2. The van der Waals surface area contributed by atoms with Crippen molar-refractivity contribution in [3.63, 3.8) is 0 Å². The molecule has 1 aliphatic heterocycles. The van der Waals surface area contributed by atoms with E-state index < -0.39 is 6.04 Å². The second kappa shape index (κ2) is 7.05. The maximum absolute atomic E-state index is 13.1. The van der Waals surface area contributed by atoms with Crippen LogP contribution in [0.3, 0.4) is 0 Å². The second-order valence-corrected chi connectivity index (χ2v) is 6.47. The highest BCUT2D eigenvalue weighted by Crippen LogP contribution is 2.23. The smallest absolute Gasteiger partial charge is 0.254 e. The van der Waals surface area contributed by atoms with Crippen LogP contribution in [-0.4, -0.2) is 29.3 Å². The molecule has 1 fully saturated rings. The normalized spacial score (nSPS) is 16.8. The Hall–Kier alpha value is -2.69. The summed E-state index contributed by atoms with van der Waals surface area (Å²) >= 11 is 0. The van der Waals surface area contributed by atoms with E-state index in [9.17, 15) is 14.0 Å². The molecule has 2 aromatic carbocycles. The van der Waals surface area contributed by atoms with Crippen LogP contribution in [0.4, 0.5) is 10.1 Å². The first-order valence-electron chi connectivity index (χ1n) is 8.40. The number of aryl methyl sites for hydroxylation is 2. The van der Waals surface area contributed by atoms with E-state index in [0.29, 0.717) is 18.5 Å². The van der Waals surface area contributed by atoms with E-state index in [1.165, 1.54) is 24.3 Å². The molecule has 1 saturated heterocycles. The van der Waals surface area contributed by atoms with Crippen molar-refractivity contribution in [1.29, 1.82) is 0 Å². The molecule has 1 N–H and O–H groups in total. The van der Waals surface area contributed by atoms with Crippen LogP contribution in [0.15, 0.2) is 42.5 Å². The van der Waals surface area contributed by atoms with Crippen LogP contribution in [0.1, 0.15) is 34.3 Å². The molecule has 0 aliphatic carbocycles. The monoisotopic (exact) mass is 340 g/mol. The van der Waals surface area contributed by atoms with Crippen LogP contribution in [-0.2, 0) is 4.79 Å². The Kier molecular flexibility index (Phi) is 4.83. The Morgan fingerprint density at radius 1 is 1.12 bits per heavy atom. The van der Waals surface area contributed by atoms with Gasteiger partial charge in [-0.25, -0.2) is 4.39 Å². The maximum atomic E-state index is 13.1. The first kappa shape index (κ1) is 17.1. The molecule has 1 heterocycles. The Morgan fingerprint density at radius 3 is 2.52 bits per heavy atom. The minimum Gasteiger partial charge on any atom is -0.327 e. The third kappa shape index (κ3) is 3.71. The Bertz CT molecular complexity index is 802. The van der Waals surface area contributed by atoms with E-state index in [2.05, 4.69) is 5.32 Å². The number of halogens is 1. The molecule has 0 saturated carbocycles. The Morgan fingerprint density at radius 2 is 1.84 bits per heavy atom. The standard InChI is InChI=1S/C20H21FN2O2/c1-13-5-10-17(14(2)12-13)22-19(24)18-4-3-11-23(18)20(25)15-6-8-16(21)9-7-15/h5-10,12,18H,3-4,11H2,1-2H3,(H,22,24)/t18-/m0/s1. The van der Waals surface area contributed by atoms with Crippen molar-refractivity contribution in [2.45, 2.75) is 32.7 Å². The third-order valence-corrected chi connectivity index (χ3v) is 4.55. The number of hydrogen-bond acceptors (Lipinski definition) is 2. The first-order valence-corrected chi connectivity index (χ1v) is 8.40. The van der Waals surface area contributed by atoms with Crippen molar-refractivity contribution < 1.29 is 14.0 Å². The molecule has 2 aromatic rings. The average molecular weight is 340 g/mol. The van der Waals surface area contributed by atoms with E-state index in [1.54, 1.807) is 4.90 Å². The van der Waals surface area contributed by atoms with E-state index in [1.807, 2.05) is 32.0 Å². The minimum absolute atomic E-state index is 0.181. The average Bonchev–Trinajstić information content (AvgIpc) is 3.07. The van der Waals surface area contributed by atoms with Gasteiger partial charge in [-0.3, -0.25) is 9.59 Å². The van der Waals surface area contributed by atoms with Gasteiger partial charge in [0.2, 0.25) is 5.91 Å². The molecule has 2 amide bonds. The fraction of sp³-hybridized carbons (Fsp3) is 0.300. The number of anilines is 1. The zero-order valence-electron chi connectivity index (χ0n) is 14.4. The van der Waals surface area contributed by atoms with Crippen LogP contribution >= 0.6 is 0 Å². The summed E-state index contributed by atoms with van der Waals surface area (Å²) in [6, 6.07) is 10.7. The fourth-order valence-electron chi connectivity index (χ4n) is 3.21. The highest BCUT2D eigenvalue weighted by molar-refractivity contribution is 6.01. The lowest BCUT2D eigenvalue weighted by Gasteiger charge is -2.24. The van der Waals surface area contributed by atoms with E-state index in [4.69, 9.17) is 0 Å². The number of nitrogens with one attached hydrogen (secondary N) is 1. The molecular formula is C20H21FN2O2. The number of likely N-dealkylation sites (tertiary alicyclic amines) is 1. The van der Waals surface area contributed by atoms with Crippen molar-refractivity contribution >= 4 is 17.5 Å². The predicted molar refractivity (Wildman–Crippen MR) is 95.0 cm³/mol. The summed E-state index contributed by atoms with van der Waals surface area (Å²) in [5.74, 6) is -0.805. The van der Waals surface area contributed by atoms with Gasteiger partial charge in [-0.1, -0.05) is 17.7 Å². The van der Waals surface area contributed by atoms with Gasteiger partial charge in [0.05, 0.1) is 0 Å². The number of carbonyl (C=O) groups excluding carboxylic acids is 2. The molecule has 5 heteroatoms. The van der Waals surface area contributed by atoms with Crippen molar-refractivity contribution in [2.75, 3.05) is 11.9 Å². The van der Waals surface area contributed by atoms with Gasteiger partial charge in [0, 0.05) is 17.8 Å². The number of nitrogens with zero attached hydrogens (tertiary/aromatic N) is 1. The summed E-state index contributed by atoms with van der Waals surface area (Å²) in [6.45, 7) is 4.47. The van der Waals surface area contributed by atoms with Gasteiger partial charge in [-0.15, -0.1) is 0 Å². The van der Waals surface area contributed by atoms with Gasteiger partial charge in [0.15, 0.2) is 0 Å². The van der Waals surface area contributed by atoms with Gasteiger partial charge in [0.1, 0.15) is 11.9 Å². The molecule has 0 unspecified atom stereocenters. The lowest BCUT2D eigenvalue weighted by molar-refractivity contribution is -0.119. The molecule has 4 nitrogen and oxygen atoms in total. The molecule has 130 valence electrons. The molecule has 25 heavy (non-hydrogen) atoms. The van der Waals surface area contributed by atoms with Gasteiger partial charge >= 0.3 is 0 Å². The molecule has 0 spiro atoms. The Balaban J connectivity index is 1.75. The highest BCUT2D eigenvalue weighted by Gasteiger charge is 2.34. The third-order valence-electron chi connectivity index (χ3n) is 4.55. The van der Waals surface area contributed by atoms with Crippen LogP contribution in [0.25, 0.3) is 0 Å². The maximum Gasteiger partial charge on any atom is 0.254 e. The summed E-state index contributed by atoms with van der Waals surface area (Å²) in [5, 5.41) is 2.93. The summed E-state index contributed by atoms with van der Waals surface area (Å²) in [4.78, 5) is 26.9. The fourth-order valence-corrected chi connectivity index (χ4v) is 3.21. The minimum atomic E-state index is -0.502. The molecule has 0 radical (unpaired) electrons. The van der Waals surface area contributed by atoms with E-state index >= 15 is 0 Å². The van der Waals surface area contributed by atoms with Crippen LogP contribution in [0.2, 0.25) is 0 Å². The topological polar surface area (TPSA) is 49.4 Å². The molecule has 0 aromatic heterocycles. The molecule has 1 aliphatic rings. The number of benzene rings is 2. The number of amides is 2. The van der Waals surface area contributed by atoms with E-state index in [0.717, 1.165) is 23.2 Å². The quantitative estimate of drug-likeness (QED) is 0.926. The molecule has 0 bridgehead atoms. The van der Waals surface area contributed by atoms with Crippen LogP contribution in [0.5, 0.6) is 0 Å². The lowest BCUT2D eigenvalue weighted by Crippen LogP contribution is -2.43. The largest absolute Gasteiger partial charge is 0.327 e. The van der Waals surface area contributed by atoms with Gasteiger partial charge in [-0.05, 0) is 62.6 Å². The summed E-state index contributed by atoms with van der Waals surface area (Å²) < 4.78 is 13.1. The number of hydrogen-bond donors (Lipinski definition) is 1. The first-order chi connectivity index (χ1) is 12.0. The van der Waals surface area contributed by atoms with Gasteiger partial charge in [-0.2, -0.15) is 0 Å². The lowest BCUT2D eigenvalue weighted by atomic mass is 10.1. The number of rotatable bonds is 3. The molecular weight excluding hydrogens is 319 g/mol. The van der Waals surface area contributed by atoms with Gasteiger partial charge in [0.25, 0.3) is 5.91 Å². The van der Waals surface area contributed by atoms with Crippen molar-refractivity contribution in [1.82, 2.24) is 4.90 Å². The second-order valence-electron chi connectivity index (χ2n) is 6.47. The predicted octanol–water partition coefficient (Wildman–Crippen LogP) is 3.69. The highest BCUT2D eigenvalue weighted by atomic mass is 19.1. The zero-order chi connectivity index (χ0) is 18.0. The summed E-state index contributed by atoms with van der Waals surface area (Å²) in [5.41, 5.74) is 3.27.